The maximum atomic E-state index is 12.5. The standard InChI is InChI=1S/C19H26IN3O3/c1-14-3-4-15-16(13-14)19(26)23(18(15)25)8-5-17(24)22-11-9-21(10-12-22)7-2-6-20/h3-4,13,19,26H,2,5-12H2,1H3. The summed E-state index contributed by atoms with van der Waals surface area (Å²) < 4.78 is 1.16. The Balaban J connectivity index is 1.50. The number of halogens is 1. The van der Waals surface area contributed by atoms with E-state index in [0.29, 0.717) is 11.1 Å². The fourth-order valence-electron chi connectivity index (χ4n) is 3.63. The van der Waals surface area contributed by atoms with Crippen LogP contribution in [0.25, 0.3) is 0 Å². The van der Waals surface area contributed by atoms with E-state index in [0.717, 1.165) is 42.7 Å². The molecule has 142 valence electrons. The fourth-order valence-corrected chi connectivity index (χ4v) is 3.97. The molecule has 0 spiro atoms. The van der Waals surface area contributed by atoms with Gasteiger partial charge in [0, 0.05) is 54.7 Å². The molecule has 0 bridgehead atoms. The van der Waals surface area contributed by atoms with Gasteiger partial charge in [-0.25, -0.2) is 0 Å². The Morgan fingerprint density at radius 3 is 2.65 bits per heavy atom. The summed E-state index contributed by atoms with van der Waals surface area (Å²) in [4.78, 5) is 30.7. The summed E-state index contributed by atoms with van der Waals surface area (Å²) in [5, 5.41) is 10.4. The van der Waals surface area contributed by atoms with Crippen molar-refractivity contribution in [2.75, 3.05) is 43.7 Å². The number of carbonyl (C=O) groups excluding carboxylic acids is 2. The van der Waals surface area contributed by atoms with Gasteiger partial charge in [-0.1, -0.05) is 40.3 Å². The first-order valence-corrected chi connectivity index (χ1v) is 10.7. The van der Waals surface area contributed by atoms with Gasteiger partial charge in [0.05, 0.1) is 0 Å². The lowest BCUT2D eigenvalue weighted by Gasteiger charge is -2.35. The van der Waals surface area contributed by atoms with Crippen molar-refractivity contribution in [3.05, 3.63) is 34.9 Å². The van der Waals surface area contributed by atoms with E-state index in [-0.39, 0.29) is 24.8 Å². The molecular formula is C19H26IN3O3. The highest BCUT2D eigenvalue weighted by Crippen LogP contribution is 2.32. The zero-order valence-electron chi connectivity index (χ0n) is 15.2. The summed E-state index contributed by atoms with van der Waals surface area (Å²) in [6, 6.07) is 5.47. The van der Waals surface area contributed by atoms with E-state index < -0.39 is 6.23 Å². The number of aliphatic hydroxyl groups excluding tert-OH is 1. The first-order valence-electron chi connectivity index (χ1n) is 9.17. The second-order valence-electron chi connectivity index (χ2n) is 6.98. The first-order chi connectivity index (χ1) is 12.5. The Kier molecular flexibility index (Phi) is 6.52. The normalized spacial score (nSPS) is 20.6. The van der Waals surface area contributed by atoms with E-state index in [1.54, 1.807) is 6.07 Å². The molecule has 2 aliphatic heterocycles. The van der Waals surface area contributed by atoms with E-state index in [9.17, 15) is 14.7 Å². The fraction of sp³-hybridized carbons (Fsp3) is 0.579. The van der Waals surface area contributed by atoms with Gasteiger partial charge in [-0.05, 0) is 26.0 Å². The maximum absolute atomic E-state index is 12.5. The van der Waals surface area contributed by atoms with Crippen molar-refractivity contribution in [2.24, 2.45) is 0 Å². The van der Waals surface area contributed by atoms with E-state index in [1.807, 2.05) is 24.0 Å². The molecule has 0 aromatic heterocycles. The lowest BCUT2D eigenvalue weighted by Crippen LogP contribution is -2.49. The molecule has 1 aromatic rings. The van der Waals surface area contributed by atoms with Gasteiger partial charge >= 0.3 is 0 Å². The minimum Gasteiger partial charge on any atom is -0.369 e. The summed E-state index contributed by atoms with van der Waals surface area (Å²) in [6.07, 6.45) is 0.489. The predicted molar refractivity (Wildman–Crippen MR) is 108 cm³/mol. The van der Waals surface area contributed by atoms with Crippen LogP contribution in [0.15, 0.2) is 18.2 Å². The molecule has 26 heavy (non-hydrogen) atoms. The molecule has 6 nitrogen and oxygen atoms in total. The molecular weight excluding hydrogens is 445 g/mol. The number of aliphatic hydroxyl groups is 1. The molecule has 2 aliphatic rings. The van der Waals surface area contributed by atoms with Crippen molar-refractivity contribution >= 4 is 34.4 Å². The van der Waals surface area contributed by atoms with Gasteiger partial charge < -0.3 is 14.9 Å². The Morgan fingerprint density at radius 2 is 1.96 bits per heavy atom. The molecule has 0 radical (unpaired) electrons. The number of hydrogen-bond acceptors (Lipinski definition) is 4. The van der Waals surface area contributed by atoms with Crippen LogP contribution in [0.3, 0.4) is 0 Å². The zero-order chi connectivity index (χ0) is 18.7. The summed E-state index contributed by atoms with van der Waals surface area (Å²) in [6.45, 7) is 6.60. The second-order valence-corrected chi connectivity index (χ2v) is 8.06. The summed E-state index contributed by atoms with van der Waals surface area (Å²) in [7, 11) is 0. The van der Waals surface area contributed by atoms with Crippen molar-refractivity contribution in [1.29, 1.82) is 0 Å². The number of fused-ring (bicyclic) bond motifs is 1. The van der Waals surface area contributed by atoms with Crippen molar-refractivity contribution < 1.29 is 14.7 Å². The summed E-state index contributed by atoms with van der Waals surface area (Å²) >= 11 is 2.39. The Hall–Kier alpha value is -1.19. The molecule has 2 heterocycles. The molecule has 1 saturated heterocycles. The van der Waals surface area contributed by atoms with Crippen LogP contribution in [0.1, 0.15) is 40.6 Å². The molecule has 1 N–H and O–H groups in total. The minimum atomic E-state index is -0.949. The van der Waals surface area contributed by atoms with E-state index in [4.69, 9.17) is 0 Å². The number of rotatable bonds is 6. The first kappa shape index (κ1) is 19.6. The Morgan fingerprint density at radius 1 is 1.23 bits per heavy atom. The van der Waals surface area contributed by atoms with Crippen LogP contribution in [0.2, 0.25) is 0 Å². The van der Waals surface area contributed by atoms with Gasteiger partial charge in [0.25, 0.3) is 5.91 Å². The number of amides is 2. The van der Waals surface area contributed by atoms with Crippen LogP contribution in [0, 0.1) is 6.92 Å². The molecule has 0 aliphatic carbocycles. The topological polar surface area (TPSA) is 64.1 Å². The molecule has 1 unspecified atom stereocenters. The van der Waals surface area contributed by atoms with Gasteiger partial charge in [-0.2, -0.15) is 0 Å². The van der Waals surface area contributed by atoms with Crippen molar-refractivity contribution in [1.82, 2.24) is 14.7 Å². The van der Waals surface area contributed by atoms with Crippen LogP contribution in [-0.2, 0) is 4.79 Å². The van der Waals surface area contributed by atoms with Crippen molar-refractivity contribution in [3.63, 3.8) is 0 Å². The number of benzene rings is 1. The van der Waals surface area contributed by atoms with Crippen LogP contribution in [0.5, 0.6) is 0 Å². The van der Waals surface area contributed by atoms with Crippen LogP contribution in [0.4, 0.5) is 0 Å². The van der Waals surface area contributed by atoms with Gasteiger partial charge in [-0.15, -0.1) is 0 Å². The Labute approximate surface area is 168 Å². The number of aryl methyl sites for hydroxylation is 1. The largest absolute Gasteiger partial charge is 0.369 e. The second kappa shape index (κ2) is 8.67. The maximum Gasteiger partial charge on any atom is 0.256 e. The molecule has 1 aromatic carbocycles. The smallest absolute Gasteiger partial charge is 0.256 e. The Bertz CT molecular complexity index is 674. The minimum absolute atomic E-state index is 0.0608. The van der Waals surface area contributed by atoms with Crippen LogP contribution in [-0.4, -0.2) is 75.3 Å². The van der Waals surface area contributed by atoms with Gasteiger partial charge in [0.15, 0.2) is 6.23 Å². The van der Waals surface area contributed by atoms with Crippen molar-refractivity contribution in [2.45, 2.75) is 26.0 Å². The van der Waals surface area contributed by atoms with Gasteiger partial charge in [0.1, 0.15) is 0 Å². The van der Waals surface area contributed by atoms with Gasteiger partial charge in [-0.3, -0.25) is 14.5 Å². The number of carbonyl (C=O) groups is 2. The number of alkyl halides is 1. The lowest BCUT2D eigenvalue weighted by atomic mass is 10.1. The highest BCUT2D eigenvalue weighted by molar-refractivity contribution is 14.1. The molecule has 3 rings (SSSR count). The SMILES string of the molecule is Cc1ccc2c(c1)C(O)N(CCC(=O)N1CCN(CCCI)CC1)C2=O. The van der Waals surface area contributed by atoms with Gasteiger partial charge in [0.2, 0.25) is 5.91 Å². The predicted octanol–water partition coefficient (Wildman–Crippen LogP) is 1.80. The van der Waals surface area contributed by atoms with E-state index in [1.165, 1.54) is 11.3 Å². The average Bonchev–Trinajstić information content (AvgIpc) is 2.88. The third-order valence-corrected chi connectivity index (χ3v) is 5.93. The third-order valence-electron chi connectivity index (χ3n) is 5.17. The molecule has 2 amide bonds. The van der Waals surface area contributed by atoms with Crippen molar-refractivity contribution in [3.8, 4) is 0 Å². The monoisotopic (exact) mass is 471 g/mol. The van der Waals surface area contributed by atoms with E-state index in [2.05, 4.69) is 27.5 Å². The summed E-state index contributed by atoms with van der Waals surface area (Å²) in [5.74, 6) is -0.130. The number of hydrogen-bond donors (Lipinski definition) is 1. The van der Waals surface area contributed by atoms with Crippen LogP contribution >= 0.6 is 22.6 Å². The summed E-state index contributed by atoms with van der Waals surface area (Å²) in [5.41, 5.74) is 2.19. The number of piperazine rings is 1. The average molecular weight is 471 g/mol. The molecule has 1 fully saturated rings. The molecule has 7 heteroatoms. The highest BCUT2D eigenvalue weighted by atomic mass is 127. The highest BCUT2D eigenvalue weighted by Gasteiger charge is 2.35. The lowest BCUT2D eigenvalue weighted by molar-refractivity contribution is -0.133. The zero-order valence-corrected chi connectivity index (χ0v) is 17.3. The third kappa shape index (κ3) is 4.20. The molecule has 1 atom stereocenters. The van der Waals surface area contributed by atoms with Crippen LogP contribution < -0.4 is 0 Å². The quantitative estimate of drug-likeness (QED) is 0.508. The molecule has 0 saturated carbocycles. The number of nitrogens with zero attached hydrogens (tertiary/aromatic N) is 3. The van der Waals surface area contributed by atoms with E-state index >= 15 is 0 Å².